The molecule has 0 fully saturated rings. The molecule has 7 nitrogen and oxygen atoms in total. The number of anilines is 1. The lowest BCUT2D eigenvalue weighted by Gasteiger charge is -2.03. The summed E-state index contributed by atoms with van der Waals surface area (Å²) in [5, 5.41) is 16.8. The molecule has 0 saturated carbocycles. The zero-order valence-electron chi connectivity index (χ0n) is 15.4. The average Bonchev–Trinajstić information content (AvgIpc) is 3.12. The molecule has 0 unspecified atom stereocenters. The van der Waals surface area contributed by atoms with Gasteiger partial charge < -0.3 is 9.73 Å². The Morgan fingerprint density at radius 3 is 2.79 bits per heavy atom. The van der Waals surface area contributed by atoms with Crippen molar-refractivity contribution in [2.75, 3.05) is 5.32 Å². The minimum Gasteiger partial charge on any atom is -0.388 e. The molecule has 148 valence electrons. The summed E-state index contributed by atoms with van der Waals surface area (Å²) in [5.41, 5.74) is 1.97. The first-order valence-corrected chi connectivity index (χ1v) is 10.0. The Bertz CT molecular complexity index is 1150. The Balaban J connectivity index is 1.52. The van der Waals surface area contributed by atoms with E-state index in [1.807, 2.05) is 0 Å². The van der Waals surface area contributed by atoms with Gasteiger partial charge in [-0.2, -0.15) is 9.94 Å². The second-order valence-electron chi connectivity index (χ2n) is 6.77. The van der Waals surface area contributed by atoms with E-state index in [-0.39, 0.29) is 12.4 Å². The van der Waals surface area contributed by atoms with Gasteiger partial charge in [0.05, 0.1) is 5.56 Å². The van der Waals surface area contributed by atoms with Crippen LogP contribution < -0.4 is 11.1 Å². The Kier molecular flexibility index (Phi) is 5.27. The zero-order valence-corrected chi connectivity index (χ0v) is 16.2. The number of halogens is 1. The van der Waals surface area contributed by atoms with Gasteiger partial charge in [0.15, 0.2) is 0 Å². The number of rotatable bonds is 4. The third kappa shape index (κ3) is 3.98. The summed E-state index contributed by atoms with van der Waals surface area (Å²) in [5.74, 6) is -1.68. The molecule has 0 spiro atoms. The van der Waals surface area contributed by atoms with Crippen LogP contribution in [0.15, 0.2) is 33.5 Å². The maximum Gasteiger partial charge on any atom is 0.437 e. The quantitative estimate of drug-likeness (QED) is 0.661. The summed E-state index contributed by atoms with van der Waals surface area (Å²) in [6.07, 6.45) is 5.00. The number of thiophene rings is 1. The summed E-state index contributed by atoms with van der Waals surface area (Å²) < 4.78 is 19.0. The first kappa shape index (κ1) is 19.1. The van der Waals surface area contributed by atoms with Crippen LogP contribution in [0.2, 0.25) is 0 Å². The third-order valence-electron chi connectivity index (χ3n) is 4.78. The molecule has 3 aromatic rings. The van der Waals surface area contributed by atoms with Crippen LogP contribution in [0.4, 0.5) is 9.39 Å². The Labute approximate surface area is 169 Å². The maximum atomic E-state index is 13.0. The van der Waals surface area contributed by atoms with Crippen molar-refractivity contribution in [1.82, 2.24) is 9.78 Å². The SMILES string of the molecule is N#Cc1c(NC(=O)Cn2nc(-c3ccc(F)cc3)oc2=O)sc2c1CCCCC2. The minimum atomic E-state index is -0.790. The van der Waals surface area contributed by atoms with E-state index in [0.29, 0.717) is 16.1 Å². The van der Waals surface area contributed by atoms with Gasteiger partial charge in [0, 0.05) is 10.4 Å². The molecule has 1 aliphatic carbocycles. The first-order chi connectivity index (χ1) is 14.0. The summed E-state index contributed by atoms with van der Waals surface area (Å²) in [6.45, 7) is -0.350. The number of amides is 1. The van der Waals surface area contributed by atoms with E-state index in [0.717, 1.165) is 47.2 Å². The number of nitrogens with one attached hydrogen (secondary N) is 1. The third-order valence-corrected chi connectivity index (χ3v) is 5.98. The number of aromatic nitrogens is 2. The molecule has 29 heavy (non-hydrogen) atoms. The summed E-state index contributed by atoms with van der Waals surface area (Å²) in [6, 6.07) is 7.53. The molecular weight excluding hydrogens is 395 g/mol. The van der Waals surface area contributed by atoms with Gasteiger partial charge in [0.25, 0.3) is 0 Å². The van der Waals surface area contributed by atoms with Crippen LogP contribution in [0, 0.1) is 17.1 Å². The number of carbonyl (C=O) groups is 1. The second-order valence-corrected chi connectivity index (χ2v) is 7.87. The highest BCUT2D eigenvalue weighted by Gasteiger charge is 2.21. The molecule has 4 rings (SSSR count). The van der Waals surface area contributed by atoms with E-state index in [2.05, 4.69) is 16.5 Å². The Morgan fingerprint density at radius 1 is 1.28 bits per heavy atom. The van der Waals surface area contributed by atoms with Gasteiger partial charge in [-0.15, -0.1) is 16.4 Å². The molecular formula is C20H17FN4O3S. The van der Waals surface area contributed by atoms with Crippen molar-refractivity contribution >= 4 is 22.2 Å². The van der Waals surface area contributed by atoms with E-state index in [1.165, 1.54) is 35.6 Å². The predicted molar refractivity (Wildman–Crippen MR) is 105 cm³/mol. The van der Waals surface area contributed by atoms with Gasteiger partial charge in [-0.1, -0.05) is 6.42 Å². The fourth-order valence-corrected chi connectivity index (χ4v) is 4.62. The highest BCUT2D eigenvalue weighted by molar-refractivity contribution is 7.16. The van der Waals surface area contributed by atoms with Gasteiger partial charge in [0.2, 0.25) is 11.8 Å². The number of nitrogens with zero attached hydrogens (tertiary/aromatic N) is 3. The van der Waals surface area contributed by atoms with Crippen LogP contribution in [-0.2, 0) is 24.2 Å². The molecule has 9 heteroatoms. The number of benzene rings is 1. The van der Waals surface area contributed by atoms with Crippen LogP contribution in [0.1, 0.15) is 35.3 Å². The number of fused-ring (bicyclic) bond motifs is 1. The fraction of sp³-hybridized carbons (Fsp3) is 0.300. The maximum absolute atomic E-state index is 13.0. The number of aryl methyl sites for hydroxylation is 1. The van der Waals surface area contributed by atoms with Gasteiger partial charge >= 0.3 is 5.76 Å². The van der Waals surface area contributed by atoms with Crippen molar-refractivity contribution in [3.8, 4) is 17.5 Å². The van der Waals surface area contributed by atoms with E-state index >= 15 is 0 Å². The fourth-order valence-electron chi connectivity index (χ4n) is 3.37. The highest BCUT2D eigenvalue weighted by atomic mass is 32.1. The lowest BCUT2D eigenvalue weighted by atomic mass is 10.1. The van der Waals surface area contributed by atoms with Crippen LogP contribution in [0.25, 0.3) is 11.5 Å². The number of hydrogen-bond donors (Lipinski definition) is 1. The van der Waals surface area contributed by atoms with E-state index in [9.17, 15) is 19.2 Å². The molecule has 0 atom stereocenters. The van der Waals surface area contributed by atoms with Crippen molar-refractivity contribution < 1.29 is 13.6 Å². The number of nitriles is 1. The van der Waals surface area contributed by atoms with Gasteiger partial charge in [-0.25, -0.2) is 9.18 Å². The smallest absolute Gasteiger partial charge is 0.388 e. The molecule has 0 radical (unpaired) electrons. The first-order valence-electron chi connectivity index (χ1n) is 9.23. The molecule has 1 amide bonds. The second kappa shape index (κ2) is 8.01. The Hall–Kier alpha value is -3.25. The van der Waals surface area contributed by atoms with Crippen molar-refractivity contribution in [1.29, 1.82) is 5.26 Å². The monoisotopic (exact) mass is 412 g/mol. The standard InChI is InChI=1S/C20H17FN4O3S/c21-13-8-6-12(7-9-13)18-24-25(20(27)28-18)11-17(26)23-19-15(10-22)14-4-2-1-3-5-16(14)29-19/h6-9H,1-5,11H2,(H,23,26). The summed E-state index contributed by atoms with van der Waals surface area (Å²) >= 11 is 1.43. The van der Waals surface area contributed by atoms with Crippen molar-refractivity contribution in [2.45, 2.75) is 38.6 Å². The molecule has 1 N–H and O–H groups in total. The zero-order chi connectivity index (χ0) is 20.4. The number of hydrogen-bond acceptors (Lipinski definition) is 6. The van der Waals surface area contributed by atoms with Crippen molar-refractivity contribution in [3.63, 3.8) is 0 Å². The topological polar surface area (TPSA) is 101 Å². The predicted octanol–water partition coefficient (Wildman–Crippen LogP) is 3.48. The molecule has 1 aromatic carbocycles. The lowest BCUT2D eigenvalue weighted by Crippen LogP contribution is -2.25. The van der Waals surface area contributed by atoms with Crippen LogP contribution in [-0.4, -0.2) is 15.7 Å². The van der Waals surface area contributed by atoms with E-state index < -0.39 is 17.5 Å². The van der Waals surface area contributed by atoms with Gasteiger partial charge in [-0.05, 0) is 55.5 Å². The van der Waals surface area contributed by atoms with E-state index in [1.54, 1.807) is 0 Å². The van der Waals surface area contributed by atoms with E-state index in [4.69, 9.17) is 4.42 Å². The van der Waals surface area contributed by atoms with Crippen LogP contribution in [0.3, 0.4) is 0 Å². The van der Waals surface area contributed by atoms with Crippen LogP contribution in [0.5, 0.6) is 0 Å². The largest absolute Gasteiger partial charge is 0.437 e. The summed E-state index contributed by atoms with van der Waals surface area (Å²) in [4.78, 5) is 25.6. The average molecular weight is 412 g/mol. The molecule has 0 saturated heterocycles. The van der Waals surface area contributed by atoms with Gasteiger partial charge in [0.1, 0.15) is 23.4 Å². The highest BCUT2D eigenvalue weighted by Crippen LogP contribution is 2.36. The molecule has 0 aliphatic heterocycles. The summed E-state index contributed by atoms with van der Waals surface area (Å²) in [7, 11) is 0. The minimum absolute atomic E-state index is 0.00310. The number of carbonyl (C=O) groups excluding carboxylic acids is 1. The Morgan fingerprint density at radius 2 is 2.03 bits per heavy atom. The lowest BCUT2D eigenvalue weighted by molar-refractivity contribution is -0.117. The molecule has 1 aliphatic rings. The normalized spacial score (nSPS) is 13.4. The molecule has 2 aromatic heterocycles. The molecule has 2 heterocycles. The van der Waals surface area contributed by atoms with Gasteiger partial charge in [-0.3, -0.25) is 4.79 Å². The molecule has 0 bridgehead atoms. The van der Waals surface area contributed by atoms with Crippen molar-refractivity contribution in [2.24, 2.45) is 0 Å². The van der Waals surface area contributed by atoms with Crippen molar-refractivity contribution in [3.05, 3.63) is 56.6 Å². The van der Waals surface area contributed by atoms with Crippen LogP contribution >= 0.6 is 11.3 Å².